The number of esters is 8. The van der Waals surface area contributed by atoms with Crippen molar-refractivity contribution in [3.8, 4) is 0 Å². The molecule has 0 aromatic heterocycles. The maximum absolute atomic E-state index is 12.2. The predicted octanol–water partition coefficient (Wildman–Crippen LogP) is 1.33. The van der Waals surface area contributed by atoms with Crippen molar-refractivity contribution in [1.82, 2.24) is 0 Å². The van der Waals surface area contributed by atoms with Crippen molar-refractivity contribution in [1.29, 1.82) is 0 Å². The molecule has 10 atom stereocenters. The summed E-state index contributed by atoms with van der Waals surface area (Å²) in [6.45, 7) is 9.75. The maximum atomic E-state index is 12.2. The van der Waals surface area contributed by atoms with Crippen LogP contribution in [-0.2, 0) is 90.5 Å². The number of hydrogen-bond donors (Lipinski definition) is 0. The van der Waals surface area contributed by atoms with Crippen LogP contribution in [0.4, 0.5) is 0 Å². The van der Waals surface area contributed by atoms with Crippen LogP contribution in [0.15, 0.2) is 0 Å². The Morgan fingerprint density at radius 1 is 0.434 bits per heavy atom. The molecule has 0 radical (unpaired) electrons. The summed E-state index contributed by atoms with van der Waals surface area (Å²) in [6.07, 6.45) is -8.54. The average molecular weight is 799 g/mol. The second-order valence-corrected chi connectivity index (χ2v) is 14.1. The normalized spacial score (nSPS) is 29.1. The predicted molar refractivity (Wildman–Crippen MR) is 179 cm³/mol. The fraction of sp³-hybridized carbons (Fsp3) is 0.750. The standard InChI is InChI=1S/C28H38O18S2.C4H8O/c1-11(29)37-9-19-21(39-13(3)31)23(41-15(5)33)25(43-17(7)35)27(45-19)47-48-28-26(44-18(8)36)24(42-16(6)34)22(40-14(4)32)20(46-28)10-38-12(2)30;1-2-4-5-3-1/h19-28H,9-10H2,1-8H3;1-4H2/t19-,20-,21-,22-,23+,24+,25-,26-,27+,28+;/m1./s1. The summed E-state index contributed by atoms with van der Waals surface area (Å²) < 4.78 is 59.9. The van der Waals surface area contributed by atoms with E-state index in [9.17, 15) is 38.4 Å². The highest BCUT2D eigenvalue weighted by Crippen LogP contribution is 2.45. The molecule has 0 aliphatic carbocycles. The third-order valence-corrected chi connectivity index (χ3v) is 9.69. The Kier molecular flexibility index (Phi) is 19.3. The maximum Gasteiger partial charge on any atom is 0.303 e. The molecule has 0 amide bonds. The molecule has 19 nitrogen and oxygen atoms in total. The Hall–Kier alpha value is -3.66. The van der Waals surface area contributed by atoms with Gasteiger partial charge in [0.2, 0.25) is 0 Å². The zero-order valence-electron chi connectivity index (χ0n) is 30.6. The Labute approximate surface area is 313 Å². The molecule has 3 aliphatic heterocycles. The average Bonchev–Trinajstić information content (AvgIpc) is 3.62. The number of ether oxygens (including phenoxy) is 11. The van der Waals surface area contributed by atoms with Gasteiger partial charge in [0, 0.05) is 68.6 Å². The molecular formula is C32H46O19S2. The van der Waals surface area contributed by atoms with Crippen LogP contribution in [0.5, 0.6) is 0 Å². The molecule has 0 spiro atoms. The van der Waals surface area contributed by atoms with Gasteiger partial charge in [-0.05, 0) is 12.8 Å². The van der Waals surface area contributed by atoms with Crippen molar-refractivity contribution in [3.63, 3.8) is 0 Å². The minimum atomic E-state index is -1.46. The van der Waals surface area contributed by atoms with Gasteiger partial charge in [0.15, 0.2) is 47.5 Å². The van der Waals surface area contributed by atoms with E-state index >= 15 is 0 Å². The van der Waals surface area contributed by atoms with Crippen LogP contribution < -0.4 is 0 Å². The lowest BCUT2D eigenvalue weighted by Crippen LogP contribution is -2.62. The number of carbonyl (C=O) groups excluding carboxylic acids is 8. The van der Waals surface area contributed by atoms with Gasteiger partial charge in [0.05, 0.1) is 0 Å². The van der Waals surface area contributed by atoms with Gasteiger partial charge < -0.3 is 52.1 Å². The van der Waals surface area contributed by atoms with E-state index in [0.29, 0.717) is 0 Å². The molecule has 0 aromatic carbocycles. The Morgan fingerprint density at radius 3 is 0.962 bits per heavy atom. The third kappa shape index (κ3) is 16.1. The SMILES string of the molecule is C1CCOC1.CC(=O)OC[C@H]1O[C@@H](SS[C@@H]2O[C@H](COC(C)=O)[C@@H](OC(C)=O)[C@H](OC(C)=O)[C@H]2OC(C)=O)[C@H](OC(C)=O)[C@@H](OC(C)=O)[C@@H]1OC(C)=O. The van der Waals surface area contributed by atoms with E-state index in [1.54, 1.807) is 0 Å². The molecule has 0 saturated carbocycles. The van der Waals surface area contributed by atoms with Crippen molar-refractivity contribution in [3.05, 3.63) is 0 Å². The molecule has 3 heterocycles. The summed E-state index contributed by atoms with van der Waals surface area (Å²) in [4.78, 5) is 96.1. The van der Waals surface area contributed by atoms with Crippen LogP contribution in [0.2, 0.25) is 0 Å². The van der Waals surface area contributed by atoms with Gasteiger partial charge in [-0.15, -0.1) is 0 Å². The molecule has 3 saturated heterocycles. The van der Waals surface area contributed by atoms with Crippen molar-refractivity contribution >= 4 is 69.3 Å². The molecule has 0 N–H and O–H groups in total. The van der Waals surface area contributed by atoms with Crippen molar-refractivity contribution in [2.45, 2.75) is 128 Å². The van der Waals surface area contributed by atoms with Crippen molar-refractivity contribution < 1.29 is 90.5 Å². The molecule has 3 rings (SSSR count). The molecule has 53 heavy (non-hydrogen) atoms. The zero-order chi connectivity index (χ0) is 39.8. The van der Waals surface area contributed by atoms with Gasteiger partial charge in [-0.2, -0.15) is 0 Å². The summed E-state index contributed by atoms with van der Waals surface area (Å²) in [5.41, 5.74) is -2.55. The van der Waals surface area contributed by atoms with E-state index in [1.807, 2.05) is 0 Å². The first-order valence-corrected chi connectivity index (χ1v) is 18.7. The van der Waals surface area contributed by atoms with Crippen molar-refractivity contribution in [2.75, 3.05) is 26.4 Å². The van der Waals surface area contributed by atoms with E-state index in [2.05, 4.69) is 0 Å². The van der Waals surface area contributed by atoms with Crippen LogP contribution in [-0.4, -0.2) is 134 Å². The highest BCUT2D eigenvalue weighted by atomic mass is 33.1. The number of rotatable bonds is 13. The van der Waals surface area contributed by atoms with Gasteiger partial charge in [0.1, 0.15) is 25.4 Å². The minimum absolute atomic E-state index is 0.474. The summed E-state index contributed by atoms with van der Waals surface area (Å²) in [5.74, 6) is -6.37. The summed E-state index contributed by atoms with van der Waals surface area (Å²) in [6, 6.07) is 0. The topological polar surface area (TPSA) is 238 Å². The third-order valence-electron chi connectivity index (χ3n) is 6.97. The minimum Gasteiger partial charge on any atom is -0.463 e. The lowest BCUT2D eigenvalue weighted by Gasteiger charge is -2.46. The van der Waals surface area contributed by atoms with Gasteiger partial charge in [-0.1, -0.05) is 21.6 Å². The largest absolute Gasteiger partial charge is 0.463 e. The van der Waals surface area contributed by atoms with E-state index in [4.69, 9.17) is 52.1 Å². The van der Waals surface area contributed by atoms with Crippen LogP contribution in [0.25, 0.3) is 0 Å². The first-order valence-electron chi connectivity index (χ1n) is 16.4. The van der Waals surface area contributed by atoms with Gasteiger partial charge in [0.25, 0.3) is 0 Å². The molecule has 3 fully saturated rings. The van der Waals surface area contributed by atoms with Crippen LogP contribution in [0.1, 0.15) is 68.2 Å². The quantitative estimate of drug-likeness (QED) is 0.145. The lowest BCUT2D eigenvalue weighted by molar-refractivity contribution is -0.238. The van der Waals surface area contributed by atoms with Gasteiger partial charge in [-0.3, -0.25) is 38.4 Å². The lowest BCUT2D eigenvalue weighted by atomic mass is 9.99. The van der Waals surface area contributed by atoms with Gasteiger partial charge in [-0.25, -0.2) is 0 Å². The molecule has 300 valence electrons. The molecule has 3 aliphatic rings. The number of carbonyl (C=O) groups is 8. The van der Waals surface area contributed by atoms with Crippen LogP contribution in [0, 0.1) is 0 Å². The fourth-order valence-electron chi connectivity index (χ4n) is 5.15. The number of hydrogen-bond acceptors (Lipinski definition) is 21. The molecule has 0 bridgehead atoms. The van der Waals surface area contributed by atoms with Crippen molar-refractivity contribution in [2.24, 2.45) is 0 Å². The van der Waals surface area contributed by atoms with E-state index in [1.165, 1.54) is 12.8 Å². The molecule has 0 unspecified atom stereocenters. The van der Waals surface area contributed by atoms with Gasteiger partial charge >= 0.3 is 47.8 Å². The first-order chi connectivity index (χ1) is 24.9. The Balaban J connectivity index is 0.00000178. The molecule has 0 aromatic rings. The van der Waals surface area contributed by atoms with E-state index in [-0.39, 0.29) is 0 Å². The zero-order valence-corrected chi connectivity index (χ0v) is 32.2. The van der Waals surface area contributed by atoms with Crippen LogP contribution in [0.3, 0.4) is 0 Å². The highest BCUT2D eigenvalue weighted by molar-refractivity contribution is 8.77. The first kappa shape index (κ1) is 45.5. The fourth-order valence-corrected chi connectivity index (χ4v) is 7.97. The van der Waals surface area contributed by atoms with Crippen LogP contribution >= 0.6 is 21.6 Å². The molecular weight excluding hydrogens is 752 g/mol. The summed E-state index contributed by atoms with van der Waals surface area (Å²) in [5, 5.41) is 0. The summed E-state index contributed by atoms with van der Waals surface area (Å²) >= 11 is 0. The highest BCUT2D eigenvalue weighted by Gasteiger charge is 2.55. The molecule has 21 heteroatoms. The van der Waals surface area contributed by atoms with E-state index in [0.717, 1.165) is 90.2 Å². The monoisotopic (exact) mass is 798 g/mol. The Bertz CT molecular complexity index is 1210. The summed E-state index contributed by atoms with van der Waals surface area (Å²) in [7, 11) is 1.62. The van der Waals surface area contributed by atoms with E-state index < -0.39 is 121 Å². The second kappa shape index (κ2) is 22.5. The smallest absolute Gasteiger partial charge is 0.303 e. The Morgan fingerprint density at radius 2 is 0.717 bits per heavy atom. The second-order valence-electron chi connectivity index (χ2n) is 11.6.